The SMILES string of the molecule is CC(=O)c1ccc(O)c(Br)c1.CC(=O)c1ccc(OCc2cnccn2)c(-c2ccc3c(c2)CCN(C(=O)OC(C)(C)C)CC3)c1.CC(=O)c1ccc(OCc2cnccn2)c(-c2ccc3c(c2)CCNCC3)c1.CC(=O)c1ccc(OCc2cnccn2)c(Br)c1.CC(C)(C)OC(=O)N1CCc2ccc(B3OC(C)(C)C(C)(C)O3)cc2CC1.ClCc1cnccn1. The molecule has 0 atom stereocenters. The van der Waals surface area contributed by atoms with Crippen molar-refractivity contribution in [2.24, 2.45) is 0 Å². The lowest BCUT2D eigenvalue weighted by atomic mass is 9.77. The lowest BCUT2D eigenvalue weighted by Gasteiger charge is -2.32. The van der Waals surface area contributed by atoms with Crippen LogP contribution in [0.2, 0.25) is 0 Å². The molecule has 127 heavy (non-hydrogen) atoms. The summed E-state index contributed by atoms with van der Waals surface area (Å²) in [6, 6.07) is 40.3. The molecule has 0 bridgehead atoms. The van der Waals surface area contributed by atoms with E-state index >= 15 is 0 Å². The highest BCUT2D eigenvalue weighted by Gasteiger charge is 2.52. The summed E-state index contributed by atoms with van der Waals surface area (Å²) in [5.41, 5.74) is 16.4. The molecule has 0 unspecified atom stereocenters. The first-order valence-corrected chi connectivity index (χ1v) is 44.0. The van der Waals surface area contributed by atoms with E-state index in [1.165, 1.54) is 53.3 Å². The minimum atomic E-state index is -0.521. The molecule has 664 valence electrons. The van der Waals surface area contributed by atoms with E-state index in [1.807, 2.05) is 71.9 Å². The molecule has 0 spiro atoms. The molecule has 29 heteroatoms. The normalized spacial score (nSPS) is 14.1. The summed E-state index contributed by atoms with van der Waals surface area (Å²) in [6.45, 7) is 31.2. The van der Waals surface area contributed by atoms with Gasteiger partial charge in [-0.25, -0.2) is 9.59 Å². The van der Waals surface area contributed by atoms with E-state index in [1.54, 1.807) is 134 Å². The van der Waals surface area contributed by atoms with Gasteiger partial charge in [-0.05, 0) is 303 Å². The molecular formula is C98H109BBr2ClN11O14. The number of benzene rings is 7. The minimum Gasteiger partial charge on any atom is -0.507 e. The van der Waals surface area contributed by atoms with Gasteiger partial charge < -0.3 is 53.2 Å². The van der Waals surface area contributed by atoms with E-state index in [-0.39, 0.29) is 66.0 Å². The van der Waals surface area contributed by atoms with Gasteiger partial charge in [0.2, 0.25) is 0 Å². The molecule has 4 aliphatic heterocycles. The number of nitrogens with one attached hydrogen (secondary N) is 1. The molecule has 8 heterocycles. The van der Waals surface area contributed by atoms with Crippen molar-refractivity contribution in [1.29, 1.82) is 0 Å². The van der Waals surface area contributed by atoms with Crippen molar-refractivity contribution < 1.29 is 66.9 Å². The van der Waals surface area contributed by atoms with Crippen LogP contribution in [0.4, 0.5) is 9.59 Å². The Hall–Kier alpha value is -11.5. The van der Waals surface area contributed by atoms with Crippen molar-refractivity contribution >= 4 is 91.4 Å². The Morgan fingerprint density at radius 2 is 0.780 bits per heavy atom. The van der Waals surface area contributed by atoms with Crippen LogP contribution in [0.1, 0.15) is 195 Å². The van der Waals surface area contributed by atoms with Crippen molar-refractivity contribution in [1.82, 2.24) is 55.0 Å². The number of aromatic nitrogens is 8. The minimum absolute atomic E-state index is 0.00510. The number of nitrogens with zero attached hydrogens (tertiary/aromatic N) is 10. The van der Waals surface area contributed by atoms with Gasteiger partial charge >= 0.3 is 19.3 Å². The third kappa shape index (κ3) is 29.5. The number of ketones is 4. The Bertz CT molecular complexity index is 5580. The number of rotatable bonds is 17. The molecule has 4 aromatic heterocycles. The van der Waals surface area contributed by atoms with E-state index in [0.717, 1.165) is 112 Å². The third-order valence-electron chi connectivity index (χ3n) is 21.0. The van der Waals surface area contributed by atoms with Gasteiger partial charge in [-0.2, -0.15) is 0 Å². The Labute approximate surface area is 765 Å². The zero-order valence-corrected chi connectivity index (χ0v) is 78.2. The number of carbonyl (C=O) groups excluding carboxylic acids is 6. The highest BCUT2D eigenvalue weighted by Crippen LogP contribution is 2.39. The van der Waals surface area contributed by atoms with Crippen LogP contribution in [-0.4, -0.2) is 159 Å². The van der Waals surface area contributed by atoms with Gasteiger partial charge in [0.05, 0.1) is 67.4 Å². The average molecular weight is 1870 g/mol. The largest absolute Gasteiger partial charge is 0.507 e. The topological polar surface area (TPSA) is 309 Å². The number of amides is 2. The van der Waals surface area contributed by atoms with Gasteiger partial charge in [-0.1, -0.05) is 54.6 Å². The predicted molar refractivity (Wildman–Crippen MR) is 497 cm³/mol. The van der Waals surface area contributed by atoms with Crippen molar-refractivity contribution in [2.45, 2.75) is 184 Å². The second-order valence-corrected chi connectivity index (χ2v) is 35.5. The standard InChI is InChI=1S/C28H31N3O4.C23H23N3O2.C21H32BNO4.C13H11BrN2O2.C8H7BrO2.C5H5ClN2/c1-19(32)21-7-8-26(34-18-24-17-29-11-12-30-24)25(16-21)23-6-5-20-9-13-31(14-10-22(20)15-23)27(33)35-28(2,3)4;1-16(27)18-4-5-23(28-15-21-14-25-10-11-26-21)22(13-18)20-3-2-17-6-8-24-9-7-19(17)12-20;1-19(2,3)25-18(24)23-12-10-15-8-9-17(14-16(15)11-13-23)22-26-20(4,5)21(6,7)27-22;1-9(17)10-2-3-13(12(14)6-10)18-8-11-7-15-4-5-16-11;1-5(10)6-2-3-8(11)7(9)4-6;6-3-5-4-7-1-2-8-5/h5-8,11-12,15-17H,9-10,13-14,18H2,1-4H3;2-5,10-14,24H,6-9,15H2,1H3;8-9,14H,10-13H2,1-7H3;2-7H,8H2,1H3;2-4,11H,1H3;1-2,4H,3H2. The Morgan fingerprint density at radius 3 is 1.16 bits per heavy atom. The predicted octanol–water partition coefficient (Wildman–Crippen LogP) is 18.8. The Kier molecular flexibility index (Phi) is 35.2. The highest BCUT2D eigenvalue weighted by atomic mass is 79.9. The van der Waals surface area contributed by atoms with Crippen LogP contribution in [0.15, 0.2) is 211 Å². The van der Waals surface area contributed by atoms with Gasteiger partial charge in [0.25, 0.3) is 0 Å². The molecule has 1 saturated heterocycles. The van der Waals surface area contributed by atoms with Crippen LogP contribution >= 0.6 is 43.5 Å². The number of Topliss-reactive ketones (excluding diaryl/α,β-unsaturated/α-hetero) is 4. The fourth-order valence-corrected chi connectivity index (χ4v) is 14.5. The summed E-state index contributed by atoms with van der Waals surface area (Å²) in [5, 5.41) is 12.5. The summed E-state index contributed by atoms with van der Waals surface area (Å²) >= 11 is 11.9. The van der Waals surface area contributed by atoms with Crippen molar-refractivity contribution in [3.8, 4) is 45.3 Å². The van der Waals surface area contributed by atoms with Crippen LogP contribution in [0.5, 0.6) is 23.0 Å². The number of phenolic OH excluding ortho intramolecular Hbond substituents is 1. The first-order valence-electron chi connectivity index (χ1n) is 41.9. The van der Waals surface area contributed by atoms with Gasteiger partial charge in [-0.3, -0.25) is 59.0 Å². The maximum Gasteiger partial charge on any atom is 0.494 e. The molecular weight excluding hydrogens is 1760 g/mol. The van der Waals surface area contributed by atoms with Gasteiger partial charge in [0.1, 0.15) is 54.0 Å². The third-order valence-corrected chi connectivity index (χ3v) is 22.6. The molecule has 0 saturated carbocycles. The first kappa shape index (κ1) is 97.7. The van der Waals surface area contributed by atoms with Crippen LogP contribution < -0.4 is 25.0 Å². The number of fused-ring (bicyclic) bond motifs is 3. The van der Waals surface area contributed by atoms with Crippen molar-refractivity contribution in [2.75, 3.05) is 39.3 Å². The van der Waals surface area contributed by atoms with E-state index in [9.17, 15) is 28.8 Å². The molecule has 1 fully saturated rings. The van der Waals surface area contributed by atoms with Crippen molar-refractivity contribution in [3.05, 3.63) is 289 Å². The monoisotopic (exact) mass is 1870 g/mol. The fraction of sp³-hybridized carbons (Fsp3) is 0.347. The molecule has 0 aliphatic carbocycles. The number of hydrogen-bond acceptors (Lipinski definition) is 23. The lowest BCUT2D eigenvalue weighted by molar-refractivity contribution is 0.00578. The number of carbonyl (C=O) groups is 6. The second-order valence-electron chi connectivity index (χ2n) is 33.5. The summed E-state index contributed by atoms with van der Waals surface area (Å²) in [5.74, 6) is 2.72. The zero-order valence-electron chi connectivity index (χ0n) is 74.3. The Balaban J connectivity index is 0.000000167. The van der Waals surface area contributed by atoms with E-state index in [4.69, 9.17) is 49.7 Å². The first-order chi connectivity index (χ1) is 60.5. The molecule has 2 amide bonds. The van der Waals surface area contributed by atoms with Crippen LogP contribution in [-0.2, 0) is 83.0 Å². The fourth-order valence-electron chi connectivity index (χ4n) is 13.5. The summed E-state index contributed by atoms with van der Waals surface area (Å²) in [7, 11) is -0.356. The number of halogens is 3. The lowest BCUT2D eigenvalue weighted by Crippen LogP contribution is -2.41. The summed E-state index contributed by atoms with van der Waals surface area (Å²) in [4.78, 5) is 107. The molecule has 2 N–H and O–H groups in total. The maximum absolute atomic E-state index is 12.6. The van der Waals surface area contributed by atoms with Crippen LogP contribution in [0.25, 0.3) is 22.3 Å². The van der Waals surface area contributed by atoms with Gasteiger partial charge in [0.15, 0.2) is 23.1 Å². The van der Waals surface area contributed by atoms with E-state index < -0.39 is 11.2 Å². The van der Waals surface area contributed by atoms with Crippen molar-refractivity contribution in [3.63, 3.8) is 0 Å². The second kappa shape index (κ2) is 45.8. The Morgan fingerprint density at radius 1 is 0.433 bits per heavy atom. The molecule has 15 rings (SSSR count). The average Bonchev–Trinajstić information content (AvgIpc) is 1.63. The number of ether oxygens (including phenoxy) is 5. The smallest absolute Gasteiger partial charge is 0.494 e. The quantitative estimate of drug-likeness (QED) is 0.0486. The molecule has 7 aromatic carbocycles. The number of aromatic hydroxyl groups is 1. The number of phenols is 1. The molecule has 4 aliphatic rings. The molecule has 0 radical (unpaired) electrons. The van der Waals surface area contributed by atoms with Crippen LogP contribution in [0, 0.1) is 0 Å². The van der Waals surface area contributed by atoms with E-state index in [2.05, 4.69) is 159 Å². The molecule has 11 aromatic rings. The summed E-state index contributed by atoms with van der Waals surface area (Å²) in [6.07, 6.45) is 24.3. The summed E-state index contributed by atoms with van der Waals surface area (Å²) < 4.78 is 42.5. The van der Waals surface area contributed by atoms with E-state index in [0.29, 0.717) is 83.5 Å². The zero-order chi connectivity index (χ0) is 91.6. The van der Waals surface area contributed by atoms with Crippen LogP contribution in [0.3, 0.4) is 0 Å². The number of hydrogen-bond donors (Lipinski definition) is 2. The van der Waals surface area contributed by atoms with Gasteiger partial charge in [0, 0.05) is 115 Å². The van der Waals surface area contributed by atoms with Gasteiger partial charge in [-0.15, -0.1) is 11.6 Å². The number of alkyl halides is 1. The highest BCUT2D eigenvalue weighted by molar-refractivity contribution is 9.11. The molecule has 25 nitrogen and oxygen atoms in total. The maximum atomic E-state index is 12.6.